The molecule has 4 heteroatoms. The summed E-state index contributed by atoms with van der Waals surface area (Å²) in [5, 5.41) is 0.643. The van der Waals surface area contributed by atoms with Gasteiger partial charge in [0.15, 0.2) is 5.78 Å². The molecule has 1 aromatic heterocycles. The molecule has 0 spiro atoms. The molecular weight excluding hydrogens is 346 g/mol. The van der Waals surface area contributed by atoms with E-state index in [2.05, 4.69) is 4.57 Å². The third-order valence-corrected chi connectivity index (χ3v) is 4.56. The van der Waals surface area contributed by atoms with Gasteiger partial charge in [-0.3, -0.25) is 4.79 Å². The molecule has 0 aliphatic heterocycles. The molecule has 0 saturated carbocycles. The number of ether oxygens (including phenoxy) is 1. The number of benzene rings is 2. The van der Waals surface area contributed by atoms with E-state index in [1.165, 1.54) is 0 Å². The van der Waals surface area contributed by atoms with Gasteiger partial charge in [-0.25, -0.2) is 0 Å². The average Bonchev–Trinajstić information content (AvgIpc) is 2.93. The molecule has 3 rings (SSSR count). The van der Waals surface area contributed by atoms with E-state index < -0.39 is 0 Å². The lowest BCUT2D eigenvalue weighted by Gasteiger charge is -2.14. The quantitative estimate of drug-likeness (QED) is 0.432. The van der Waals surface area contributed by atoms with Crippen LogP contribution in [0.3, 0.4) is 0 Å². The largest absolute Gasteiger partial charge is 0.495 e. The minimum absolute atomic E-state index is 0.0178. The maximum atomic E-state index is 12.3. The first-order chi connectivity index (χ1) is 12.5. The van der Waals surface area contributed by atoms with Crippen LogP contribution in [0, 0.1) is 13.8 Å². The van der Waals surface area contributed by atoms with E-state index in [9.17, 15) is 4.79 Å². The smallest absolute Gasteiger partial charge is 0.185 e. The number of methoxy groups -OCH3 is 1. The molecule has 3 aromatic rings. The number of hydrogen-bond acceptors (Lipinski definition) is 2. The maximum absolute atomic E-state index is 12.3. The molecule has 132 valence electrons. The van der Waals surface area contributed by atoms with Gasteiger partial charge in [0.1, 0.15) is 5.75 Å². The predicted molar refractivity (Wildman–Crippen MR) is 107 cm³/mol. The van der Waals surface area contributed by atoms with Crippen molar-refractivity contribution in [2.75, 3.05) is 7.11 Å². The second-order valence-electron chi connectivity index (χ2n) is 6.04. The summed E-state index contributed by atoms with van der Waals surface area (Å²) in [6, 6.07) is 16.8. The number of hydrogen-bond donors (Lipinski definition) is 0. The molecule has 0 atom stereocenters. The Bertz CT molecular complexity index is 971. The topological polar surface area (TPSA) is 31.2 Å². The van der Waals surface area contributed by atoms with E-state index in [0.29, 0.717) is 10.6 Å². The lowest BCUT2D eigenvalue weighted by atomic mass is 10.1. The molecule has 3 nitrogen and oxygen atoms in total. The van der Waals surface area contributed by atoms with E-state index in [4.69, 9.17) is 16.3 Å². The molecule has 0 bridgehead atoms. The van der Waals surface area contributed by atoms with E-state index in [-0.39, 0.29) is 5.78 Å². The second-order valence-corrected chi connectivity index (χ2v) is 6.48. The highest BCUT2D eigenvalue weighted by Crippen LogP contribution is 2.31. The van der Waals surface area contributed by atoms with Crippen molar-refractivity contribution in [2.45, 2.75) is 13.8 Å². The normalized spacial score (nSPS) is 11.1. The molecule has 2 aromatic carbocycles. The van der Waals surface area contributed by atoms with Gasteiger partial charge < -0.3 is 9.30 Å². The number of rotatable bonds is 5. The maximum Gasteiger partial charge on any atom is 0.185 e. The van der Waals surface area contributed by atoms with Crippen LogP contribution in [0.2, 0.25) is 5.02 Å². The fourth-order valence-corrected chi connectivity index (χ4v) is 3.20. The summed E-state index contributed by atoms with van der Waals surface area (Å²) in [6.07, 6.45) is 3.46. The Morgan fingerprint density at radius 3 is 2.50 bits per heavy atom. The molecule has 26 heavy (non-hydrogen) atoms. The number of nitrogens with zero attached hydrogens (tertiary/aromatic N) is 1. The van der Waals surface area contributed by atoms with Crippen LogP contribution in [-0.2, 0) is 0 Å². The molecule has 0 saturated heterocycles. The third-order valence-electron chi connectivity index (χ3n) is 4.32. The number of halogens is 1. The molecule has 0 fully saturated rings. The lowest BCUT2D eigenvalue weighted by Crippen LogP contribution is -2.02. The first-order valence-corrected chi connectivity index (χ1v) is 8.69. The number of aromatic nitrogens is 1. The number of aryl methyl sites for hydroxylation is 1. The predicted octanol–water partition coefficient (Wildman–Crippen LogP) is 5.65. The summed E-state index contributed by atoms with van der Waals surface area (Å²) in [5.74, 6) is 0.725. The van der Waals surface area contributed by atoms with Crippen molar-refractivity contribution in [3.63, 3.8) is 0 Å². The SMILES string of the molecule is COc1ccc(Cl)cc1-n1c(C)cc(/C=C/C(=O)c2ccccc2)c1C. The monoisotopic (exact) mass is 365 g/mol. The van der Waals surface area contributed by atoms with Crippen LogP contribution in [0.5, 0.6) is 5.75 Å². The van der Waals surface area contributed by atoms with E-state index >= 15 is 0 Å². The molecular formula is C22H20ClNO2. The minimum Gasteiger partial charge on any atom is -0.495 e. The summed E-state index contributed by atoms with van der Waals surface area (Å²) in [7, 11) is 1.64. The number of allylic oxidation sites excluding steroid dienone is 1. The Morgan fingerprint density at radius 1 is 1.08 bits per heavy atom. The summed E-state index contributed by atoms with van der Waals surface area (Å²) in [6.45, 7) is 4.03. The number of ketones is 1. The molecule has 0 radical (unpaired) electrons. The highest BCUT2D eigenvalue weighted by Gasteiger charge is 2.14. The van der Waals surface area contributed by atoms with Crippen LogP contribution < -0.4 is 4.74 Å². The van der Waals surface area contributed by atoms with Gasteiger partial charge in [-0.1, -0.05) is 41.9 Å². The zero-order valence-corrected chi connectivity index (χ0v) is 15.7. The standard InChI is InChI=1S/C22H20ClNO2/c1-15-13-18(9-11-21(25)17-7-5-4-6-8-17)16(2)24(15)20-14-19(23)10-12-22(20)26-3/h4-14H,1-3H3/b11-9+. The molecule has 0 aliphatic carbocycles. The first kappa shape index (κ1) is 18.0. The Hall–Kier alpha value is -2.78. The number of carbonyl (C=O) groups excluding carboxylic acids is 1. The zero-order chi connectivity index (χ0) is 18.7. The van der Waals surface area contributed by atoms with Crippen LogP contribution in [0.1, 0.15) is 27.3 Å². The Balaban J connectivity index is 1.98. The van der Waals surface area contributed by atoms with Gasteiger partial charge in [-0.2, -0.15) is 0 Å². The van der Waals surface area contributed by atoms with Crippen molar-refractivity contribution < 1.29 is 9.53 Å². The Labute approximate surface area is 158 Å². The van der Waals surface area contributed by atoms with E-state index in [1.807, 2.05) is 68.5 Å². The van der Waals surface area contributed by atoms with Crippen LogP contribution in [0.25, 0.3) is 11.8 Å². The Kier molecular flexibility index (Phi) is 5.29. The fourth-order valence-electron chi connectivity index (χ4n) is 3.03. The molecule has 0 amide bonds. The van der Waals surface area contributed by atoms with Crippen LogP contribution in [-0.4, -0.2) is 17.5 Å². The summed E-state index contributed by atoms with van der Waals surface area (Å²) < 4.78 is 7.56. The van der Waals surface area contributed by atoms with Crippen molar-refractivity contribution >= 4 is 23.5 Å². The van der Waals surface area contributed by atoms with Crippen molar-refractivity contribution in [2.24, 2.45) is 0 Å². The Morgan fingerprint density at radius 2 is 1.81 bits per heavy atom. The van der Waals surface area contributed by atoms with Gasteiger partial charge >= 0.3 is 0 Å². The second kappa shape index (κ2) is 7.63. The highest BCUT2D eigenvalue weighted by molar-refractivity contribution is 6.30. The zero-order valence-electron chi connectivity index (χ0n) is 15.0. The van der Waals surface area contributed by atoms with Crippen molar-refractivity contribution in [3.8, 4) is 11.4 Å². The van der Waals surface area contributed by atoms with Gasteiger partial charge in [0.25, 0.3) is 0 Å². The van der Waals surface area contributed by atoms with Crippen LogP contribution >= 0.6 is 11.6 Å². The third kappa shape index (κ3) is 3.58. The van der Waals surface area contributed by atoms with Crippen LogP contribution in [0.4, 0.5) is 0 Å². The first-order valence-electron chi connectivity index (χ1n) is 8.31. The van der Waals surface area contributed by atoms with Crippen molar-refractivity contribution in [1.82, 2.24) is 4.57 Å². The number of carbonyl (C=O) groups is 1. The minimum atomic E-state index is -0.0178. The van der Waals surface area contributed by atoms with Gasteiger partial charge in [0.2, 0.25) is 0 Å². The molecule has 0 aliphatic rings. The molecule has 0 N–H and O–H groups in total. The van der Waals surface area contributed by atoms with Gasteiger partial charge in [-0.15, -0.1) is 0 Å². The summed E-state index contributed by atoms with van der Waals surface area (Å²) in [4.78, 5) is 12.3. The fraction of sp³-hybridized carbons (Fsp3) is 0.136. The van der Waals surface area contributed by atoms with E-state index in [1.54, 1.807) is 19.3 Å². The van der Waals surface area contributed by atoms with E-state index in [0.717, 1.165) is 28.4 Å². The molecule has 0 unspecified atom stereocenters. The molecule has 1 heterocycles. The van der Waals surface area contributed by atoms with Gasteiger partial charge in [0.05, 0.1) is 12.8 Å². The lowest BCUT2D eigenvalue weighted by molar-refractivity contribution is 0.104. The summed E-state index contributed by atoms with van der Waals surface area (Å²) >= 11 is 6.18. The average molecular weight is 366 g/mol. The van der Waals surface area contributed by atoms with Crippen molar-refractivity contribution in [3.05, 3.63) is 88.2 Å². The van der Waals surface area contributed by atoms with Gasteiger partial charge in [-0.05, 0) is 55.8 Å². The van der Waals surface area contributed by atoms with Crippen LogP contribution in [0.15, 0.2) is 60.7 Å². The highest BCUT2D eigenvalue weighted by atomic mass is 35.5. The summed E-state index contributed by atoms with van der Waals surface area (Å²) in [5.41, 5.74) is 4.59. The van der Waals surface area contributed by atoms with Crippen molar-refractivity contribution in [1.29, 1.82) is 0 Å². The van der Waals surface area contributed by atoms with Gasteiger partial charge in [0, 0.05) is 22.0 Å².